The van der Waals surface area contributed by atoms with Gasteiger partial charge in [0.25, 0.3) is 0 Å². The number of esters is 1. The fraction of sp³-hybridized carbons (Fsp3) is 0.529. The normalized spacial score (nSPS) is 13.8. The van der Waals surface area contributed by atoms with Gasteiger partial charge in [-0.15, -0.1) is 0 Å². The lowest BCUT2D eigenvalue weighted by atomic mass is 9.98. The standard InChI is InChI=1S/C34H49N3O7/c1-10-37(30(40)26(19-22(2)3)36-32(42)44-34(7,8)9)28(24-17-14-18-25(38)21-24)29(39)35-27(31(41)43-33(4,5)6)20-23-15-12-11-13-16-23/h11-18,21-22,26-28,38H,10,19-20H2,1-9H3,(H,35,39)(H,36,42). The molecule has 3 N–H and O–H groups in total. The predicted octanol–water partition coefficient (Wildman–Crippen LogP) is 5.29. The number of phenols is 1. The molecule has 10 nitrogen and oxygen atoms in total. The number of rotatable bonds is 12. The van der Waals surface area contributed by atoms with E-state index in [0.717, 1.165) is 5.56 Å². The van der Waals surface area contributed by atoms with Crippen LogP contribution in [-0.2, 0) is 30.3 Å². The quantitative estimate of drug-likeness (QED) is 0.278. The molecule has 0 aliphatic rings. The Balaban J connectivity index is 2.53. The molecule has 44 heavy (non-hydrogen) atoms. The predicted molar refractivity (Wildman–Crippen MR) is 169 cm³/mol. The van der Waals surface area contributed by atoms with E-state index in [9.17, 15) is 24.3 Å². The largest absolute Gasteiger partial charge is 0.508 e. The lowest BCUT2D eigenvalue weighted by molar-refractivity contribution is -0.159. The van der Waals surface area contributed by atoms with Crippen LogP contribution in [0.1, 0.15) is 85.9 Å². The highest BCUT2D eigenvalue weighted by atomic mass is 16.6. The second-order valence-electron chi connectivity index (χ2n) is 13.2. The van der Waals surface area contributed by atoms with E-state index in [2.05, 4.69) is 10.6 Å². The number of nitrogens with zero attached hydrogens (tertiary/aromatic N) is 1. The van der Waals surface area contributed by atoms with Gasteiger partial charge < -0.3 is 30.1 Å². The van der Waals surface area contributed by atoms with Gasteiger partial charge in [-0.2, -0.15) is 0 Å². The van der Waals surface area contributed by atoms with Gasteiger partial charge in [-0.1, -0.05) is 56.3 Å². The number of carbonyl (C=O) groups is 4. The number of likely N-dealkylation sites (N-methyl/N-ethyl adjacent to an activating group) is 1. The molecule has 0 spiro atoms. The molecule has 0 bridgehead atoms. The molecule has 242 valence electrons. The summed E-state index contributed by atoms with van der Waals surface area (Å²) >= 11 is 0. The number of alkyl carbamates (subject to hydrolysis) is 1. The molecule has 2 rings (SSSR count). The molecular formula is C34H49N3O7. The number of aromatic hydroxyl groups is 1. The van der Waals surface area contributed by atoms with E-state index < -0.39 is 53.2 Å². The number of carbonyl (C=O) groups excluding carboxylic acids is 4. The number of phenolic OH excluding ortho intramolecular Hbond substituents is 1. The zero-order chi connectivity index (χ0) is 33.2. The number of hydrogen-bond acceptors (Lipinski definition) is 7. The van der Waals surface area contributed by atoms with Gasteiger partial charge in [0.15, 0.2) is 0 Å². The maximum Gasteiger partial charge on any atom is 0.408 e. The van der Waals surface area contributed by atoms with Crippen molar-refractivity contribution in [2.75, 3.05) is 6.54 Å². The average Bonchev–Trinajstić information content (AvgIpc) is 2.88. The van der Waals surface area contributed by atoms with Crippen LogP contribution < -0.4 is 10.6 Å². The Bertz CT molecular complexity index is 1270. The van der Waals surface area contributed by atoms with E-state index in [1.54, 1.807) is 60.6 Å². The summed E-state index contributed by atoms with van der Waals surface area (Å²) in [6.07, 6.45) is -0.305. The van der Waals surface area contributed by atoms with Gasteiger partial charge in [0, 0.05) is 13.0 Å². The van der Waals surface area contributed by atoms with Crippen molar-refractivity contribution in [3.8, 4) is 5.75 Å². The third kappa shape index (κ3) is 11.9. The van der Waals surface area contributed by atoms with Crippen molar-refractivity contribution < 1.29 is 33.8 Å². The van der Waals surface area contributed by atoms with Crippen LogP contribution in [0.2, 0.25) is 0 Å². The summed E-state index contributed by atoms with van der Waals surface area (Å²) in [6, 6.07) is 12.0. The van der Waals surface area contributed by atoms with Gasteiger partial charge in [-0.25, -0.2) is 9.59 Å². The highest BCUT2D eigenvalue weighted by Gasteiger charge is 2.38. The second kappa shape index (κ2) is 15.6. The highest BCUT2D eigenvalue weighted by Crippen LogP contribution is 2.27. The lowest BCUT2D eigenvalue weighted by Gasteiger charge is -2.35. The van der Waals surface area contributed by atoms with Crippen LogP contribution in [0.5, 0.6) is 5.75 Å². The molecule has 0 aliphatic carbocycles. The van der Waals surface area contributed by atoms with Gasteiger partial charge in [0.1, 0.15) is 35.1 Å². The second-order valence-corrected chi connectivity index (χ2v) is 13.2. The molecule has 0 radical (unpaired) electrons. The van der Waals surface area contributed by atoms with E-state index in [1.165, 1.54) is 17.0 Å². The van der Waals surface area contributed by atoms with Crippen molar-refractivity contribution in [1.82, 2.24) is 15.5 Å². The van der Waals surface area contributed by atoms with Gasteiger partial charge in [0.2, 0.25) is 11.8 Å². The maximum atomic E-state index is 14.2. The Hall–Kier alpha value is -4.08. The van der Waals surface area contributed by atoms with Crippen molar-refractivity contribution in [2.45, 2.75) is 104 Å². The fourth-order valence-electron chi connectivity index (χ4n) is 4.64. The molecule has 2 aromatic rings. The first kappa shape index (κ1) is 36.1. The minimum absolute atomic E-state index is 0.0214. The van der Waals surface area contributed by atoms with E-state index in [4.69, 9.17) is 9.47 Å². The first-order valence-corrected chi connectivity index (χ1v) is 15.1. The van der Waals surface area contributed by atoms with Crippen molar-refractivity contribution >= 4 is 23.9 Å². The molecule has 0 saturated carbocycles. The van der Waals surface area contributed by atoms with Crippen LogP contribution in [0.25, 0.3) is 0 Å². The molecule has 3 amide bonds. The molecule has 0 aromatic heterocycles. The summed E-state index contributed by atoms with van der Waals surface area (Å²) in [7, 11) is 0. The van der Waals surface area contributed by atoms with Gasteiger partial charge in [0.05, 0.1) is 0 Å². The number of benzene rings is 2. The molecule has 3 atom stereocenters. The summed E-state index contributed by atoms with van der Waals surface area (Å²) in [4.78, 5) is 55.7. The van der Waals surface area contributed by atoms with Crippen LogP contribution in [0.15, 0.2) is 54.6 Å². The zero-order valence-electron chi connectivity index (χ0n) is 27.5. The SMILES string of the molecule is CCN(C(=O)C(CC(C)C)NC(=O)OC(C)(C)C)C(C(=O)NC(Cc1ccccc1)C(=O)OC(C)(C)C)c1cccc(O)c1. The summed E-state index contributed by atoms with van der Waals surface area (Å²) in [5.74, 6) is -1.84. The van der Waals surface area contributed by atoms with Crippen LogP contribution in [0.4, 0.5) is 4.79 Å². The van der Waals surface area contributed by atoms with E-state index >= 15 is 0 Å². The average molecular weight is 612 g/mol. The molecule has 3 unspecified atom stereocenters. The zero-order valence-corrected chi connectivity index (χ0v) is 27.5. The van der Waals surface area contributed by atoms with E-state index in [-0.39, 0.29) is 31.1 Å². The third-order valence-electron chi connectivity index (χ3n) is 6.36. The lowest BCUT2D eigenvalue weighted by Crippen LogP contribution is -2.55. The Morgan fingerprint density at radius 2 is 1.45 bits per heavy atom. The summed E-state index contributed by atoms with van der Waals surface area (Å²) in [5, 5.41) is 15.8. The number of ether oxygens (including phenoxy) is 2. The molecule has 0 saturated heterocycles. The topological polar surface area (TPSA) is 134 Å². The van der Waals surface area contributed by atoms with Crippen LogP contribution in [-0.4, -0.2) is 63.7 Å². The molecule has 2 aromatic carbocycles. The van der Waals surface area contributed by atoms with Crippen molar-refractivity contribution in [3.63, 3.8) is 0 Å². The van der Waals surface area contributed by atoms with Crippen LogP contribution >= 0.6 is 0 Å². The highest BCUT2D eigenvalue weighted by molar-refractivity contribution is 5.94. The summed E-state index contributed by atoms with van der Waals surface area (Å²) in [6.45, 7) is 16.0. The summed E-state index contributed by atoms with van der Waals surface area (Å²) in [5.41, 5.74) is -0.440. The van der Waals surface area contributed by atoms with Gasteiger partial charge in [-0.05, 0) is 84.1 Å². The first-order valence-electron chi connectivity index (χ1n) is 15.1. The van der Waals surface area contributed by atoms with Crippen molar-refractivity contribution in [3.05, 3.63) is 65.7 Å². The molecule has 10 heteroatoms. The molecule has 0 fully saturated rings. The Labute approximate surface area is 261 Å². The summed E-state index contributed by atoms with van der Waals surface area (Å²) < 4.78 is 11.1. The van der Waals surface area contributed by atoms with Crippen LogP contribution in [0, 0.1) is 5.92 Å². The minimum atomic E-state index is -1.24. The maximum absolute atomic E-state index is 14.2. The molecule has 0 aliphatic heterocycles. The fourth-order valence-corrected chi connectivity index (χ4v) is 4.64. The Morgan fingerprint density at radius 1 is 0.841 bits per heavy atom. The third-order valence-corrected chi connectivity index (χ3v) is 6.36. The molecule has 0 heterocycles. The number of amides is 3. The smallest absolute Gasteiger partial charge is 0.408 e. The number of hydrogen-bond donors (Lipinski definition) is 3. The monoisotopic (exact) mass is 611 g/mol. The van der Waals surface area contributed by atoms with Crippen molar-refractivity contribution in [2.24, 2.45) is 5.92 Å². The molecular weight excluding hydrogens is 562 g/mol. The van der Waals surface area contributed by atoms with Gasteiger partial charge >= 0.3 is 12.1 Å². The van der Waals surface area contributed by atoms with E-state index in [0.29, 0.717) is 5.56 Å². The Kier molecular flexibility index (Phi) is 12.8. The Morgan fingerprint density at radius 3 is 1.98 bits per heavy atom. The van der Waals surface area contributed by atoms with Crippen LogP contribution in [0.3, 0.4) is 0 Å². The first-order chi connectivity index (χ1) is 20.4. The van der Waals surface area contributed by atoms with Crippen molar-refractivity contribution in [1.29, 1.82) is 0 Å². The van der Waals surface area contributed by atoms with Gasteiger partial charge in [-0.3, -0.25) is 9.59 Å². The van der Waals surface area contributed by atoms with E-state index in [1.807, 2.05) is 44.2 Å². The minimum Gasteiger partial charge on any atom is -0.508 e. The number of nitrogens with one attached hydrogen (secondary N) is 2.